The van der Waals surface area contributed by atoms with Gasteiger partial charge in [-0.2, -0.15) is 0 Å². The molecule has 0 saturated heterocycles. The molecule has 14 heavy (non-hydrogen) atoms. The Morgan fingerprint density at radius 2 is 2.00 bits per heavy atom. The summed E-state index contributed by atoms with van der Waals surface area (Å²) >= 11 is 0. The third kappa shape index (κ3) is 2.06. The number of hydrogen-bond acceptors (Lipinski definition) is 1. The Balaban J connectivity index is 3.14. The Labute approximate surface area is 84.6 Å². The monoisotopic (exact) mass is 196 g/mol. The van der Waals surface area contributed by atoms with Gasteiger partial charge in [0.25, 0.3) is 0 Å². The van der Waals surface area contributed by atoms with Crippen LogP contribution in [-0.4, -0.2) is 5.11 Å². The fourth-order valence-electron chi connectivity index (χ4n) is 1.51. The van der Waals surface area contributed by atoms with Crippen LogP contribution in [0.4, 0.5) is 4.39 Å². The van der Waals surface area contributed by atoms with Crippen molar-refractivity contribution in [3.05, 3.63) is 29.1 Å². The minimum atomic E-state index is -0.208. The van der Waals surface area contributed by atoms with Gasteiger partial charge in [-0.1, -0.05) is 20.8 Å². The molecule has 0 aliphatic rings. The van der Waals surface area contributed by atoms with Crippen LogP contribution in [0.5, 0.6) is 5.75 Å². The highest BCUT2D eigenvalue weighted by Gasteiger charge is 2.12. The minimum absolute atomic E-state index is 0.204. The first-order valence-electron chi connectivity index (χ1n) is 5.11. The van der Waals surface area contributed by atoms with E-state index in [1.165, 1.54) is 12.1 Å². The maximum Gasteiger partial charge on any atom is 0.126 e. The summed E-state index contributed by atoms with van der Waals surface area (Å²) < 4.78 is 13.4. The van der Waals surface area contributed by atoms with E-state index in [4.69, 9.17) is 0 Å². The van der Waals surface area contributed by atoms with Gasteiger partial charge in [-0.3, -0.25) is 0 Å². The van der Waals surface area contributed by atoms with Gasteiger partial charge < -0.3 is 5.11 Å². The third-order valence-corrected chi connectivity index (χ3v) is 2.72. The number of benzene rings is 1. The molecule has 0 radical (unpaired) electrons. The largest absolute Gasteiger partial charge is 0.508 e. The fraction of sp³-hybridized carbons (Fsp3) is 0.500. The lowest BCUT2D eigenvalue weighted by molar-refractivity contribution is 0.457. The van der Waals surface area contributed by atoms with E-state index in [9.17, 15) is 9.50 Å². The molecule has 0 aliphatic heterocycles. The van der Waals surface area contributed by atoms with Crippen LogP contribution in [0.3, 0.4) is 0 Å². The van der Waals surface area contributed by atoms with E-state index < -0.39 is 0 Å². The highest BCUT2D eigenvalue weighted by Crippen LogP contribution is 2.30. The molecule has 0 fully saturated rings. The molecule has 0 aliphatic carbocycles. The first-order valence-corrected chi connectivity index (χ1v) is 5.11. The number of phenolic OH excluding ortho intramolecular Hbond substituents is 1. The van der Waals surface area contributed by atoms with Gasteiger partial charge in [0.2, 0.25) is 0 Å². The molecule has 0 heterocycles. The van der Waals surface area contributed by atoms with Gasteiger partial charge in [0.1, 0.15) is 11.6 Å². The van der Waals surface area contributed by atoms with Gasteiger partial charge in [0.15, 0.2) is 0 Å². The quantitative estimate of drug-likeness (QED) is 0.783. The van der Waals surface area contributed by atoms with Crippen LogP contribution in [-0.2, 0) is 6.42 Å². The molecule has 2 heteroatoms. The van der Waals surface area contributed by atoms with Crippen molar-refractivity contribution in [3.8, 4) is 5.75 Å². The summed E-state index contributed by atoms with van der Waals surface area (Å²) in [5, 5.41) is 9.68. The van der Waals surface area contributed by atoms with Crippen molar-refractivity contribution in [2.24, 2.45) is 0 Å². The highest BCUT2D eigenvalue weighted by atomic mass is 19.1. The van der Waals surface area contributed by atoms with Gasteiger partial charge in [0.05, 0.1) is 0 Å². The minimum Gasteiger partial charge on any atom is -0.508 e. The topological polar surface area (TPSA) is 20.2 Å². The Morgan fingerprint density at radius 3 is 2.50 bits per heavy atom. The van der Waals surface area contributed by atoms with Gasteiger partial charge in [-0.15, -0.1) is 0 Å². The number of aryl methyl sites for hydroxylation is 1. The Morgan fingerprint density at radius 1 is 1.36 bits per heavy atom. The molecule has 1 N–H and O–H groups in total. The maximum atomic E-state index is 13.4. The van der Waals surface area contributed by atoms with Crippen LogP contribution in [0.15, 0.2) is 12.1 Å². The fourth-order valence-corrected chi connectivity index (χ4v) is 1.51. The van der Waals surface area contributed by atoms with Crippen LogP contribution in [0.1, 0.15) is 44.2 Å². The second-order valence-electron chi connectivity index (χ2n) is 3.67. The van der Waals surface area contributed by atoms with E-state index in [-0.39, 0.29) is 17.5 Å². The molecule has 0 spiro atoms. The lowest BCUT2D eigenvalue weighted by atomic mass is 9.95. The van der Waals surface area contributed by atoms with Crippen molar-refractivity contribution in [2.45, 2.75) is 39.5 Å². The summed E-state index contributed by atoms with van der Waals surface area (Å²) in [6, 6.07) is 3.00. The van der Waals surface area contributed by atoms with Crippen LogP contribution in [0.25, 0.3) is 0 Å². The molecular formula is C12H17FO. The Kier molecular flexibility index (Phi) is 3.50. The first kappa shape index (κ1) is 11.0. The maximum absolute atomic E-state index is 13.4. The van der Waals surface area contributed by atoms with Crippen molar-refractivity contribution in [1.82, 2.24) is 0 Å². The Bertz CT molecular complexity index is 320. The van der Waals surface area contributed by atoms with E-state index >= 15 is 0 Å². The van der Waals surface area contributed by atoms with E-state index in [2.05, 4.69) is 0 Å². The number of rotatable bonds is 3. The second-order valence-corrected chi connectivity index (χ2v) is 3.67. The molecule has 1 atom stereocenters. The van der Waals surface area contributed by atoms with Crippen molar-refractivity contribution in [3.63, 3.8) is 0 Å². The normalized spacial score (nSPS) is 12.9. The summed E-state index contributed by atoms with van der Waals surface area (Å²) in [5.74, 6) is 0.216. The smallest absolute Gasteiger partial charge is 0.126 e. The van der Waals surface area contributed by atoms with Gasteiger partial charge in [-0.05, 0) is 42.0 Å². The van der Waals surface area contributed by atoms with E-state index in [0.29, 0.717) is 17.5 Å². The average Bonchev–Trinajstić information content (AvgIpc) is 2.19. The molecule has 1 rings (SSSR count). The third-order valence-electron chi connectivity index (χ3n) is 2.72. The molecule has 0 aromatic heterocycles. The van der Waals surface area contributed by atoms with E-state index in [1.54, 1.807) is 0 Å². The summed E-state index contributed by atoms with van der Waals surface area (Å²) in [7, 11) is 0. The van der Waals surface area contributed by atoms with Gasteiger partial charge in [0, 0.05) is 0 Å². The molecule has 0 bridgehead atoms. The molecule has 0 saturated carbocycles. The van der Waals surface area contributed by atoms with E-state index in [0.717, 1.165) is 6.42 Å². The molecule has 0 amide bonds. The zero-order chi connectivity index (χ0) is 10.7. The lowest BCUT2D eigenvalue weighted by Gasteiger charge is -2.12. The SMILES string of the molecule is CCc1cc(O)c(C(C)CC)cc1F. The Hall–Kier alpha value is -1.05. The molecular weight excluding hydrogens is 179 g/mol. The van der Waals surface area contributed by atoms with Crippen molar-refractivity contribution >= 4 is 0 Å². The summed E-state index contributed by atoms with van der Waals surface area (Å²) in [4.78, 5) is 0. The van der Waals surface area contributed by atoms with E-state index in [1.807, 2.05) is 20.8 Å². The summed E-state index contributed by atoms with van der Waals surface area (Å²) in [6.45, 7) is 5.89. The second kappa shape index (κ2) is 4.45. The van der Waals surface area contributed by atoms with Crippen LogP contribution < -0.4 is 0 Å². The zero-order valence-corrected chi connectivity index (χ0v) is 8.97. The van der Waals surface area contributed by atoms with Crippen molar-refractivity contribution in [1.29, 1.82) is 0 Å². The first-order chi connectivity index (χ1) is 6.60. The number of hydrogen-bond donors (Lipinski definition) is 1. The molecule has 1 aromatic rings. The lowest BCUT2D eigenvalue weighted by Crippen LogP contribution is -1.96. The molecule has 78 valence electrons. The predicted molar refractivity (Wildman–Crippen MR) is 56.1 cm³/mol. The highest BCUT2D eigenvalue weighted by molar-refractivity contribution is 5.39. The van der Waals surface area contributed by atoms with Crippen molar-refractivity contribution in [2.75, 3.05) is 0 Å². The predicted octanol–water partition coefficient (Wildman–Crippen LogP) is 3.61. The van der Waals surface area contributed by atoms with Gasteiger partial charge in [-0.25, -0.2) is 4.39 Å². The van der Waals surface area contributed by atoms with Crippen molar-refractivity contribution < 1.29 is 9.50 Å². The summed E-state index contributed by atoms with van der Waals surface area (Å²) in [6.07, 6.45) is 1.51. The number of halogens is 1. The molecule has 1 nitrogen and oxygen atoms in total. The molecule has 1 unspecified atom stereocenters. The van der Waals surface area contributed by atoms with Crippen LogP contribution in [0.2, 0.25) is 0 Å². The van der Waals surface area contributed by atoms with Gasteiger partial charge >= 0.3 is 0 Å². The van der Waals surface area contributed by atoms with Crippen LogP contribution >= 0.6 is 0 Å². The average molecular weight is 196 g/mol. The summed E-state index contributed by atoms with van der Waals surface area (Å²) in [5.41, 5.74) is 1.29. The standard InChI is InChI=1S/C12H17FO/c1-4-8(3)10-7-11(13)9(5-2)6-12(10)14/h6-8,14H,4-5H2,1-3H3. The number of aromatic hydroxyl groups is 1. The van der Waals surface area contributed by atoms with Crippen LogP contribution in [0, 0.1) is 5.82 Å². The zero-order valence-electron chi connectivity index (χ0n) is 8.97. The number of phenols is 1. The molecule has 1 aromatic carbocycles.